The average Bonchev–Trinajstić information content (AvgIpc) is 2.64. The Labute approximate surface area is 153 Å². The van der Waals surface area contributed by atoms with E-state index in [2.05, 4.69) is 17.0 Å². The van der Waals surface area contributed by atoms with Crippen LogP contribution in [0.3, 0.4) is 0 Å². The summed E-state index contributed by atoms with van der Waals surface area (Å²) in [6, 6.07) is 9.13. The number of rotatable bonds is 6. The van der Waals surface area contributed by atoms with Crippen molar-refractivity contribution in [2.45, 2.75) is 69.4 Å². The molecule has 0 unspecified atom stereocenters. The molecule has 0 bridgehead atoms. The molecule has 1 atom stereocenters. The molecule has 1 aliphatic carbocycles. The lowest BCUT2D eigenvalue weighted by Crippen LogP contribution is -2.53. The van der Waals surface area contributed by atoms with Crippen LogP contribution in [0.25, 0.3) is 0 Å². The van der Waals surface area contributed by atoms with Gasteiger partial charge in [-0.25, -0.2) is 0 Å². The molecule has 1 heterocycles. The van der Waals surface area contributed by atoms with Crippen LogP contribution in [0.15, 0.2) is 24.3 Å². The van der Waals surface area contributed by atoms with Crippen molar-refractivity contribution >= 4 is 25.1 Å². The summed E-state index contributed by atoms with van der Waals surface area (Å²) >= 11 is 6.08. The summed E-state index contributed by atoms with van der Waals surface area (Å²) in [5, 5.41) is 1.98. The molecular weight excluding hydrogens is 334 g/mol. The molecule has 1 aromatic carbocycles. The van der Waals surface area contributed by atoms with E-state index in [0.29, 0.717) is 5.54 Å². The van der Waals surface area contributed by atoms with Crippen molar-refractivity contribution in [3.05, 3.63) is 29.3 Å². The predicted molar refractivity (Wildman–Crippen MR) is 106 cm³/mol. The molecule has 1 saturated carbocycles. The molecule has 0 radical (unpaired) electrons. The van der Waals surface area contributed by atoms with Crippen molar-refractivity contribution in [3.63, 3.8) is 0 Å². The Morgan fingerprint density at radius 1 is 0.958 bits per heavy atom. The average molecular weight is 366 g/mol. The Kier molecular flexibility index (Phi) is 6.79. The van der Waals surface area contributed by atoms with Gasteiger partial charge in [-0.05, 0) is 67.8 Å². The number of piperidine rings is 1. The second kappa shape index (κ2) is 8.84. The smallest absolute Gasteiger partial charge is 0.223 e. The van der Waals surface area contributed by atoms with Crippen molar-refractivity contribution in [3.8, 4) is 0 Å². The van der Waals surface area contributed by atoms with Gasteiger partial charge in [0.05, 0.1) is 0 Å². The SMILES string of the molecule is O[Si@](CCCN1CCCCC1)(c1ccc(Cl)cc1)C1CCCCC1. The number of hydrogen-bond acceptors (Lipinski definition) is 2. The second-order valence-corrected chi connectivity index (χ2v) is 12.0. The van der Waals surface area contributed by atoms with Crippen LogP contribution in [-0.4, -0.2) is 37.6 Å². The van der Waals surface area contributed by atoms with Crippen molar-refractivity contribution in [2.24, 2.45) is 0 Å². The first-order valence-corrected chi connectivity index (χ1v) is 12.5. The number of likely N-dealkylation sites (tertiary alicyclic amines) is 1. The lowest BCUT2D eigenvalue weighted by atomic mass is 10.0. The Hall–Kier alpha value is -0.353. The van der Waals surface area contributed by atoms with Crippen molar-refractivity contribution in [1.82, 2.24) is 4.90 Å². The predicted octanol–water partition coefficient (Wildman–Crippen LogP) is 4.70. The largest absolute Gasteiger partial charge is 0.427 e. The zero-order chi connectivity index (χ0) is 16.8. The van der Waals surface area contributed by atoms with E-state index in [1.54, 1.807) is 0 Å². The van der Waals surface area contributed by atoms with Crippen LogP contribution in [0.5, 0.6) is 0 Å². The molecule has 0 spiro atoms. The molecule has 1 aliphatic heterocycles. The summed E-state index contributed by atoms with van der Waals surface area (Å²) < 4.78 is 0. The first-order chi connectivity index (χ1) is 11.7. The summed E-state index contributed by atoms with van der Waals surface area (Å²) in [6.07, 6.45) is 11.6. The van der Waals surface area contributed by atoms with Gasteiger partial charge in [-0.3, -0.25) is 0 Å². The molecule has 1 saturated heterocycles. The van der Waals surface area contributed by atoms with E-state index < -0.39 is 8.32 Å². The minimum Gasteiger partial charge on any atom is -0.427 e. The fraction of sp³-hybridized carbons (Fsp3) is 0.700. The van der Waals surface area contributed by atoms with E-state index >= 15 is 0 Å². The Balaban J connectivity index is 1.67. The number of hydrogen-bond donors (Lipinski definition) is 1. The highest BCUT2D eigenvalue weighted by molar-refractivity contribution is 6.86. The minimum absolute atomic E-state index is 0.536. The van der Waals surface area contributed by atoms with Gasteiger partial charge in [0, 0.05) is 5.02 Å². The normalized spacial score (nSPS) is 23.1. The molecule has 134 valence electrons. The lowest BCUT2D eigenvalue weighted by molar-refractivity contribution is 0.228. The maximum atomic E-state index is 11.8. The fourth-order valence-electron chi connectivity index (χ4n) is 4.66. The molecule has 1 aromatic rings. The molecule has 0 amide bonds. The Morgan fingerprint density at radius 3 is 2.25 bits per heavy atom. The Morgan fingerprint density at radius 2 is 1.58 bits per heavy atom. The van der Waals surface area contributed by atoms with Gasteiger partial charge >= 0.3 is 0 Å². The number of benzene rings is 1. The zero-order valence-corrected chi connectivity index (χ0v) is 16.6. The third-order valence-electron chi connectivity index (χ3n) is 6.11. The van der Waals surface area contributed by atoms with E-state index in [-0.39, 0.29) is 0 Å². The molecule has 2 aliphatic rings. The van der Waals surface area contributed by atoms with Crippen LogP contribution in [0.4, 0.5) is 0 Å². The van der Waals surface area contributed by atoms with Crippen molar-refractivity contribution < 1.29 is 4.80 Å². The summed E-state index contributed by atoms with van der Waals surface area (Å²) in [4.78, 5) is 14.4. The zero-order valence-electron chi connectivity index (χ0n) is 14.9. The summed E-state index contributed by atoms with van der Waals surface area (Å²) in [7, 11) is -2.42. The van der Waals surface area contributed by atoms with Gasteiger partial charge in [-0.1, -0.05) is 62.3 Å². The second-order valence-electron chi connectivity index (χ2n) is 7.77. The number of halogens is 1. The van der Waals surface area contributed by atoms with Gasteiger partial charge in [0.15, 0.2) is 0 Å². The van der Waals surface area contributed by atoms with E-state index in [0.717, 1.165) is 24.0 Å². The molecule has 0 aromatic heterocycles. The van der Waals surface area contributed by atoms with Crippen molar-refractivity contribution in [2.75, 3.05) is 19.6 Å². The highest BCUT2D eigenvalue weighted by Crippen LogP contribution is 2.38. The molecule has 1 N–H and O–H groups in total. The summed E-state index contributed by atoms with van der Waals surface area (Å²) in [6.45, 7) is 3.67. The monoisotopic (exact) mass is 365 g/mol. The van der Waals surface area contributed by atoms with Crippen LogP contribution in [0, 0.1) is 0 Å². The van der Waals surface area contributed by atoms with Gasteiger partial charge in [-0.15, -0.1) is 0 Å². The van der Waals surface area contributed by atoms with E-state index in [9.17, 15) is 4.80 Å². The van der Waals surface area contributed by atoms with Crippen LogP contribution >= 0.6 is 11.6 Å². The van der Waals surface area contributed by atoms with Crippen LogP contribution in [0.1, 0.15) is 57.8 Å². The lowest BCUT2D eigenvalue weighted by Gasteiger charge is -2.37. The highest BCUT2D eigenvalue weighted by atomic mass is 35.5. The first-order valence-electron chi connectivity index (χ1n) is 9.89. The molecule has 4 heteroatoms. The summed E-state index contributed by atoms with van der Waals surface area (Å²) in [5.74, 6) is 0. The maximum Gasteiger partial charge on any atom is 0.223 e. The van der Waals surface area contributed by atoms with Crippen LogP contribution in [-0.2, 0) is 0 Å². The third kappa shape index (κ3) is 4.63. The van der Waals surface area contributed by atoms with Gasteiger partial charge in [0.25, 0.3) is 0 Å². The number of nitrogens with zero attached hydrogens (tertiary/aromatic N) is 1. The molecule has 2 nitrogen and oxygen atoms in total. The minimum atomic E-state index is -2.42. The summed E-state index contributed by atoms with van der Waals surface area (Å²) in [5.41, 5.74) is 0.536. The molecular formula is C20H32ClNOSi. The van der Waals surface area contributed by atoms with Crippen LogP contribution < -0.4 is 5.19 Å². The Bertz CT molecular complexity index is 497. The standard InChI is InChI=1S/C20H32ClNOSi/c21-18-10-12-20(13-11-18)24(23,19-8-3-1-4-9-19)17-7-16-22-14-5-2-6-15-22/h10-13,19,23H,1-9,14-17H2/t24-/m0/s1. The van der Waals surface area contributed by atoms with Gasteiger partial charge in [-0.2, -0.15) is 0 Å². The molecule has 2 fully saturated rings. The van der Waals surface area contributed by atoms with Gasteiger partial charge < -0.3 is 9.70 Å². The van der Waals surface area contributed by atoms with Gasteiger partial charge in [0.1, 0.15) is 0 Å². The van der Waals surface area contributed by atoms with E-state index in [1.807, 2.05) is 12.1 Å². The van der Waals surface area contributed by atoms with Crippen LogP contribution in [0.2, 0.25) is 16.6 Å². The van der Waals surface area contributed by atoms with Crippen molar-refractivity contribution in [1.29, 1.82) is 0 Å². The highest BCUT2D eigenvalue weighted by Gasteiger charge is 2.41. The third-order valence-corrected chi connectivity index (χ3v) is 10.7. The maximum absolute atomic E-state index is 11.8. The quantitative estimate of drug-likeness (QED) is 0.739. The van der Waals surface area contributed by atoms with E-state index in [1.165, 1.54) is 69.6 Å². The molecule has 3 rings (SSSR count). The molecule has 24 heavy (non-hydrogen) atoms. The van der Waals surface area contributed by atoms with E-state index in [4.69, 9.17) is 11.6 Å². The topological polar surface area (TPSA) is 23.5 Å². The first kappa shape index (κ1) is 18.4. The van der Waals surface area contributed by atoms with Gasteiger partial charge in [0.2, 0.25) is 8.32 Å². The fourth-order valence-corrected chi connectivity index (χ4v) is 8.76.